The van der Waals surface area contributed by atoms with Crippen molar-refractivity contribution in [1.29, 1.82) is 0 Å². The number of piperidine rings is 1. The van der Waals surface area contributed by atoms with Gasteiger partial charge in [0.1, 0.15) is 11.9 Å². The average molecular weight is 374 g/mol. The van der Waals surface area contributed by atoms with Crippen LogP contribution in [0.15, 0.2) is 18.2 Å². The number of nitrogens with zero attached hydrogens (tertiary/aromatic N) is 1. The lowest BCUT2D eigenvalue weighted by atomic mass is 10.0. The fourth-order valence-corrected chi connectivity index (χ4v) is 3.68. The van der Waals surface area contributed by atoms with Crippen LogP contribution in [0.25, 0.3) is 0 Å². The SMILES string of the molecule is O=C(C1C[C@@H](O)[C@@H](O)C1)N1CCC(Oc2ccc(Cl)c(Cl)c2)CC1. The highest BCUT2D eigenvalue weighted by Gasteiger charge is 2.38. The fourth-order valence-electron chi connectivity index (χ4n) is 3.39. The van der Waals surface area contributed by atoms with Gasteiger partial charge in [-0.05, 0) is 25.0 Å². The molecule has 3 rings (SSSR count). The van der Waals surface area contributed by atoms with Crippen molar-refractivity contribution in [3.8, 4) is 5.75 Å². The highest BCUT2D eigenvalue weighted by molar-refractivity contribution is 6.42. The molecule has 0 aromatic heterocycles. The summed E-state index contributed by atoms with van der Waals surface area (Å²) in [5, 5.41) is 20.2. The molecule has 1 aromatic rings. The highest BCUT2D eigenvalue weighted by Crippen LogP contribution is 2.30. The molecule has 5 nitrogen and oxygen atoms in total. The molecule has 1 saturated heterocycles. The van der Waals surface area contributed by atoms with Crippen LogP contribution in [0.2, 0.25) is 10.0 Å². The average Bonchev–Trinajstić information content (AvgIpc) is 2.90. The molecule has 0 radical (unpaired) electrons. The van der Waals surface area contributed by atoms with E-state index in [0.29, 0.717) is 41.7 Å². The summed E-state index contributed by atoms with van der Waals surface area (Å²) < 4.78 is 5.92. The lowest BCUT2D eigenvalue weighted by molar-refractivity contribution is -0.137. The van der Waals surface area contributed by atoms with E-state index < -0.39 is 12.2 Å². The van der Waals surface area contributed by atoms with Gasteiger partial charge in [0.05, 0.1) is 22.3 Å². The molecule has 132 valence electrons. The molecule has 1 aromatic carbocycles. The van der Waals surface area contributed by atoms with E-state index in [1.807, 2.05) is 4.90 Å². The maximum absolute atomic E-state index is 12.5. The number of aliphatic hydroxyl groups excluding tert-OH is 2. The largest absolute Gasteiger partial charge is 0.490 e. The van der Waals surface area contributed by atoms with Crippen LogP contribution < -0.4 is 4.74 Å². The van der Waals surface area contributed by atoms with Crippen molar-refractivity contribution >= 4 is 29.1 Å². The Balaban J connectivity index is 1.50. The second kappa shape index (κ2) is 7.48. The minimum absolute atomic E-state index is 0.0265. The first-order valence-corrected chi connectivity index (χ1v) is 8.96. The minimum Gasteiger partial charge on any atom is -0.490 e. The summed E-state index contributed by atoms with van der Waals surface area (Å²) in [7, 11) is 0. The Bertz CT molecular complexity index is 594. The zero-order valence-electron chi connectivity index (χ0n) is 13.2. The maximum Gasteiger partial charge on any atom is 0.225 e. The first-order valence-electron chi connectivity index (χ1n) is 8.20. The van der Waals surface area contributed by atoms with Crippen LogP contribution in [0.3, 0.4) is 0 Å². The quantitative estimate of drug-likeness (QED) is 0.853. The van der Waals surface area contributed by atoms with E-state index in [1.54, 1.807) is 18.2 Å². The van der Waals surface area contributed by atoms with Gasteiger partial charge in [0.15, 0.2) is 0 Å². The molecular formula is C17H21Cl2NO4. The molecule has 1 unspecified atom stereocenters. The number of halogens is 2. The number of rotatable bonds is 3. The van der Waals surface area contributed by atoms with E-state index in [0.717, 1.165) is 12.8 Å². The minimum atomic E-state index is -0.783. The summed E-state index contributed by atoms with van der Waals surface area (Å²) in [4.78, 5) is 14.3. The number of likely N-dealkylation sites (tertiary alicyclic amines) is 1. The van der Waals surface area contributed by atoms with E-state index >= 15 is 0 Å². The maximum atomic E-state index is 12.5. The molecule has 1 aliphatic carbocycles. The molecule has 1 aliphatic heterocycles. The van der Waals surface area contributed by atoms with Gasteiger partial charge in [0, 0.05) is 37.9 Å². The Morgan fingerprint density at radius 2 is 1.71 bits per heavy atom. The van der Waals surface area contributed by atoms with Gasteiger partial charge in [-0.25, -0.2) is 0 Å². The van der Waals surface area contributed by atoms with Crippen molar-refractivity contribution < 1.29 is 19.7 Å². The van der Waals surface area contributed by atoms with Crippen molar-refractivity contribution in [3.63, 3.8) is 0 Å². The van der Waals surface area contributed by atoms with Gasteiger partial charge < -0.3 is 19.8 Å². The van der Waals surface area contributed by atoms with Crippen LogP contribution in [0.4, 0.5) is 0 Å². The van der Waals surface area contributed by atoms with E-state index in [4.69, 9.17) is 27.9 Å². The number of benzene rings is 1. The van der Waals surface area contributed by atoms with Gasteiger partial charge in [-0.1, -0.05) is 23.2 Å². The first-order chi connectivity index (χ1) is 11.4. The zero-order chi connectivity index (χ0) is 17.3. The summed E-state index contributed by atoms with van der Waals surface area (Å²) in [6, 6.07) is 5.18. The second-order valence-corrected chi connectivity index (χ2v) is 7.34. The third-order valence-electron chi connectivity index (χ3n) is 4.79. The Labute approximate surface area is 151 Å². The normalized spacial score (nSPS) is 28.2. The Kier molecular flexibility index (Phi) is 5.55. The standard InChI is InChI=1S/C17H21Cl2NO4/c18-13-2-1-12(9-14(13)19)24-11-3-5-20(6-4-11)17(23)10-7-15(21)16(22)8-10/h1-2,9-11,15-16,21-22H,3-8H2/t10?,15-,16+. The van der Waals surface area contributed by atoms with E-state index in [9.17, 15) is 15.0 Å². The third-order valence-corrected chi connectivity index (χ3v) is 5.53. The molecule has 1 heterocycles. The third kappa shape index (κ3) is 3.97. The number of aliphatic hydroxyl groups is 2. The van der Waals surface area contributed by atoms with Gasteiger partial charge in [-0.15, -0.1) is 0 Å². The van der Waals surface area contributed by atoms with E-state index in [-0.39, 0.29) is 17.9 Å². The van der Waals surface area contributed by atoms with Crippen molar-refractivity contribution in [2.75, 3.05) is 13.1 Å². The van der Waals surface area contributed by atoms with Gasteiger partial charge in [-0.3, -0.25) is 4.79 Å². The van der Waals surface area contributed by atoms with Crippen LogP contribution in [-0.4, -0.2) is 52.4 Å². The van der Waals surface area contributed by atoms with Gasteiger partial charge in [0.25, 0.3) is 0 Å². The smallest absolute Gasteiger partial charge is 0.225 e. The zero-order valence-corrected chi connectivity index (χ0v) is 14.7. The summed E-state index contributed by atoms with van der Waals surface area (Å²) in [5.74, 6) is 0.428. The molecule has 1 amide bonds. The highest BCUT2D eigenvalue weighted by atomic mass is 35.5. The van der Waals surface area contributed by atoms with Crippen molar-refractivity contribution in [1.82, 2.24) is 4.90 Å². The Hall–Kier alpha value is -1.01. The van der Waals surface area contributed by atoms with Gasteiger partial charge in [-0.2, -0.15) is 0 Å². The van der Waals surface area contributed by atoms with Crippen LogP contribution in [-0.2, 0) is 4.79 Å². The van der Waals surface area contributed by atoms with E-state index in [2.05, 4.69) is 0 Å². The first kappa shape index (κ1) is 17.8. The van der Waals surface area contributed by atoms with Crippen LogP contribution in [0, 0.1) is 5.92 Å². The summed E-state index contributed by atoms with van der Waals surface area (Å²) in [6.07, 6.45) is 0.641. The molecule has 24 heavy (non-hydrogen) atoms. The Morgan fingerprint density at radius 1 is 1.08 bits per heavy atom. The van der Waals surface area contributed by atoms with E-state index in [1.165, 1.54) is 0 Å². The number of carbonyl (C=O) groups is 1. The molecule has 3 atom stereocenters. The Morgan fingerprint density at radius 3 is 2.29 bits per heavy atom. The number of carbonyl (C=O) groups excluding carboxylic acids is 1. The lowest BCUT2D eigenvalue weighted by Crippen LogP contribution is -2.44. The predicted octanol–water partition coefficient (Wildman–Crippen LogP) is 2.50. The number of hydrogen-bond donors (Lipinski definition) is 2. The molecular weight excluding hydrogens is 353 g/mol. The van der Waals surface area contributed by atoms with Crippen LogP contribution in [0.1, 0.15) is 25.7 Å². The van der Waals surface area contributed by atoms with Crippen LogP contribution in [0.5, 0.6) is 5.75 Å². The van der Waals surface area contributed by atoms with Crippen molar-refractivity contribution in [2.24, 2.45) is 5.92 Å². The summed E-state index contributed by atoms with van der Waals surface area (Å²) in [5.41, 5.74) is 0. The molecule has 2 N–H and O–H groups in total. The molecule has 2 fully saturated rings. The molecule has 0 spiro atoms. The molecule has 0 bridgehead atoms. The number of amides is 1. The predicted molar refractivity (Wildman–Crippen MR) is 91.4 cm³/mol. The van der Waals surface area contributed by atoms with Crippen LogP contribution >= 0.6 is 23.2 Å². The molecule has 2 aliphatic rings. The number of ether oxygens (including phenoxy) is 1. The van der Waals surface area contributed by atoms with Crippen molar-refractivity contribution in [2.45, 2.75) is 44.0 Å². The topological polar surface area (TPSA) is 70.0 Å². The molecule has 1 saturated carbocycles. The lowest BCUT2D eigenvalue weighted by Gasteiger charge is -2.33. The summed E-state index contributed by atoms with van der Waals surface area (Å²) in [6.45, 7) is 1.24. The molecule has 7 heteroatoms. The van der Waals surface area contributed by atoms with Crippen molar-refractivity contribution in [3.05, 3.63) is 28.2 Å². The van der Waals surface area contributed by atoms with Gasteiger partial charge in [0.2, 0.25) is 5.91 Å². The second-order valence-electron chi connectivity index (χ2n) is 6.52. The van der Waals surface area contributed by atoms with Gasteiger partial charge >= 0.3 is 0 Å². The fraction of sp³-hybridized carbons (Fsp3) is 0.588. The monoisotopic (exact) mass is 373 g/mol. The summed E-state index contributed by atoms with van der Waals surface area (Å²) >= 11 is 11.9. The number of hydrogen-bond acceptors (Lipinski definition) is 4.